The van der Waals surface area contributed by atoms with Crippen LogP contribution in [0.2, 0.25) is 0 Å². The van der Waals surface area contributed by atoms with E-state index in [2.05, 4.69) is 15.9 Å². The molecule has 1 aliphatic heterocycles. The minimum Gasteiger partial charge on any atom is -0.473 e. The molecule has 5 heteroatoms. The molecule has 1 aromatic carbocycles. The van der Waals surface area contributed by atoms with E-state index in [4.69, 9.17) is 9.47 Å². The van der Waals surface area contributed by atoms with Gasteiger partial charge in [-0.2, -0.15) is 0 Å². The number of allylic oxidation sites excluding steroid dienone is 1. The summed E-state index contributed by atoms with van der Waals surface area (Å²) in [6.45, 7) is 7.53. The SMILES string of the molecule is CC1=CN(c2cccc(Br)c2)C(CCC(=O)OC(C)(C)C)O1. The first-order valence-corrected chi connectivity index (χ1v) is 8.15. The Morgan fingerprint density at radius 3 is 2.77 bits per heavy atom. The molecule has 1 atom stereocenters. The van der Waals surface area contributed by atoms with Crippen molar-refractivity contribution in [2.24, 2.45) is 0 Å². The average Bonchev–Trinajstić information content (AvgIpc) is 2.76. The number of ether oxygens (including phenoxy) is 2. The fraction of sp³-hybridized carbons (Fsp3) is 0.471. The minimum absolute atomic E-state index is 0.179. The summed E-state index contributed by atoms with van der Waals surface area (Å²) in [6, 6.07) is 8.00. The molecule has 1 heterocycles. The average molecular weight is 368 g/mol. The summed E-state index contributed by atoms with van der Waals surface area (Å²) in [6.07, 6.45) is 2.69. The fourth-order valence-corrected chi connectivity index (χ4v) is 2.68. The highest BCUT2D eigenvalue weighted by atomic mass is 79.9. The lowest BCUT2D eigenvalue weighted by atomic mass is 10.2. The van der Waals surface area contributed by atoms with E-state index in [9.17, 15) is 4.79 Å². The Labute approximate surface area is 140 Å². The number of carbonyl (C=O) groups is 1. The predicted molar refractivity (Wildman–Crippen MR) is 90.3 cm³/mol. The van der Waals surface area contributed by atoms with Crippen molar-refractivity contribution in [1.29, 1.82) is 0 Å². The summed E-state index contributed by atoms with van der Waals surface area (Å²) in [5.74, 6) is 0.643. The fourth-order valence-electron chi connectivity index (χ4n) is 2.29. The molecule has 0 saturated carbocycles. The van der Waals surface area contributed by atoms with E-state index >= 15 is 0 Å². The highest BCUT2D eigenvalue weighted by molar-refractivity contribution is 9.10. The second-order valence-electron chi connectivity index (χ2n) is 6.32. The van der Waals surface area contributed by atoms with Crippen molar-refractivity contribution >= 4 is 27.6 Å². The Balaban J connectivity index is 2.00. The molecule has 1 unspecified atom stereocenters. The summed E-state index contributed by atoms with van der Waals surface area (Å²) >= 11 is 3.48. The monoisotopic (exact) mass is 367 g/mol. The highest BCUT2D eigenvalue weighted by Crippen LogP contribution is 2.30. The van der Waals surface area contributed by atoms with Gasteiger partial charge in [-0.05, 0) is 45.9 Å². The Hall–Kier alpha value is -1.49. The highest BCUT2D eigenvalue weighted by Gasteiger charge is 2.27. The number of rotatable bonds is 4. The first-order valence-electron chi connectivity index (χ1n) is 7.35. The second kappa shape index (κ2) is 6.73. The van der Waals surface area contributed by atoms with Gasteiger partial charge in [-0.15, -0.1) is 0 Å². The van der Waals surface area contributed by atoms with Gasteiger partial charge in [-0.1, -0.05) is 22.0 Å². The van der Waals surface area contributed by atoms with Gasteiger partial charge in [-0.25, -0.2) is 0 Å². The topological polar surface area (TPSA) is 38.8 Å². The Kier molecular flexibility index (Phi) is 5.16. The number of carbonyl (C=O) groups excluding carboxylic acids is 1. The van der Waals surface area contributed by atoms with Crippen LogP contribution >= 0.6 is 15.9 Å². The minimum atomic E-state index is -0.453. The molecule has 0 spiro atoms. The third-order valence-electron chi connectivity index (χ3n) is 3.07. The van der Waals surface area contributed by atoms with Crippen LogP contribution in [0.1, 0.15) is 40.5 Å². The molecule has 4 nitrogen and oxygen atoms in total. The second-order valence-corrected chi connectivity index (χ2v) is 7.24. The van der Waals surface area contributed by atoms with Gasteiger partial charge in [0.1, 0.15) is 11.4 Å². The Morgan fingerprint density at radius 1 is 1.41 bits per heavy atom. The van der Waals surface area contributed by atoms with E-state index in [1.54, 1.807) is 0 Å². The largest absolute Gasteiger partial charge is 0.473 e. The number of hydrogen-bond acceptors (Lipinski definition) is 4. The molecule has 0 radical (unpaired) electrons. The zero-order chi connectivity index (χ0) is 16.3. The number of benzene rings is 1. The van der Waals surface area contributed by atoms with Crippen LogP contribution in [0.15, 0.2) is 40.7 Å². The zero-order valence-electron chi connectivity index (χ0n) is 13.4. The molecule has 0 bridgehead atoms. The van der Waals surface area contributed by atoms with E-state index in [-0.39, 0.29) is 12.2 Å². The quantitative estimate of drug-likeness (QED) is 0.729. The zero-order valence-corrected chi connectivity index (χ0v) is 15.0. The molecule has 120 valence electrons. The summed E-state index contributed by atoms with van der Waals surface area (Å²) in [7, 11) is 0. The van der Waals surface area contributed by atoms with Crippen LogP contribution in [0.4, 0.5) is 5.69 Å². The van der Waals surface area contributed by atoms with Gasteiger partial charge >= 0.3 is 5.97 Å². The first kappa shape index (κ1) is 16.9. The number of anilines is 1. The number of hydrogen-bond donors (Lipinski definition) is 0. The molecule has 1 aliphatic rings. The van der Waals surface area contributed by atoms with Crippen molar-refractivity contribution < 1.29 is 14.3 Å². The number of esters is 1. The van der Waals surface area contributed by atoms with Crippen LogP contribution in [0.3, 0.4) is 0 Å². The van der Waals surface area contributed by atoms with Crippen molar-refractivity contribution in [3.8, 4) is 0 Å². The molecule has 2 rings (SSSR count). The smallest absolute Gasteiger partial charge is 0.306 e. The molecular weight excluding hydrogens is 346 g/mol. The van der Waals surface area contributed by atoms with Gasteiger partial charge < -0.3 is 14.4 Å². The van der Waals surface area contributed by atoms with Gasteiger partial charge in [0.25, 0.3) is 0 Å². The van der Waals surface area contributed by atoms with Crippen LogP contribution in [-0.4, -0.2) is 17.8 Å². The number of halogens is 1. The third kappa shape index (κ3) is 4.77. The summed E-state index contributed by atoms with van der Waals surface area (Å²) < 4.78 is 12.2. The number of nitrogens with zero attached hydrogens (tertiary/aromatic N) is 1. The Bertz CT molecular complexity index is 578. The van der Waals surface area contributed by atoms with Gasteiger partial charge in [0, 0.05) is 22.8 Å². The van der Waals surface area contributed by atoms with Crippen molar-refractivity contribution in [1.82, 2.24) is 0 Å². The normalized spacial score (nSPS) is 18.0. The molecule has 0 saturated heterocycles. The van der Waals surface area contributed by atoms with Gasteiger partial charge in [-0.3, -0.25) is 4.79 Å². The third-order valence-corrected chi connectivity index (χ3v) is 3.57. The van der Waals surface area contributed by atoms with Crippen molar-refractivity contribution in [2.45, 2.75) is 52.4 Å². The predicted octanol–water partition coefficient (Wildman–Crippen LogP) is 4.60. The van der Waals surface area contributed by atoms with Crippen LogP contribution in [0.5, 0.6) is 0 Å². The van der Waals surface area contributed by atoms with E-state index in [1.165, 1.54) is 0 Å². The summed E-state index contributed by atoms with van der Waals surface area (Å²) in [4.78, 5) is 13.9. The van der Waals surface area contributed by atoms with Crippen molar-refractivity contribution in [3.63, 3.8) is 0 Å². The van der Waals surface area contributed by atoms with Crippen LogP contribution in [-0.2, 0) is 14.3 Å². The lowest BCUT2D eigenvalue weighted by Gasteiger charge is -2.25. The maximum absolute atomic E-state index is 11.9. The van der Waals surface area contributed by atoms with Crippen LogP contribution in [0.25, 0.3) is 0 Å². The lowest BCUT2D eigenvalue weighted by molar-refractivity contribution is -0.155. The molecule has 0 aromatic heterocycles. The summed E-state index contributed by atoms with van der Waals surface area (Å²) in [5.41, 5.74) is 0.576. The van der Waals surface area contributed by atoms with Crippen LogP contribution in [0, 0.1) is 0 Å². The van der Waals surface area contributed by atoms with Crippen molar-refractivity contribution in [3.05, 3.63) is 40.7 Å². The molecule has 0 aliphatic carbocycles. The van der Waals surface area contributed by atoms with Gasteiger partial charge in [0.05, 0.1) is 6.42 Å². The van der Waals surface area contributed by atoms with E-state index in [0.29, 0.717) is 12.8 Å². The standard InChI is InChI=1S/C17H22BrNO3/c1-12-11-19(14-7-5-6-13(18)10-14)15(21-12)8-9-16(20)22-17(2,3)4/h5-7,10-11,15H,8-9H2,1-4H3. The first-order chi connectivity index (χ1) is 10.2. The van der Waals surface area contributed by atoms with Gasteiger partial charge in [0.15, 0.2) is 6.23 Å². The molecular formula is C17H22BrNO3. The van der Waals surface area contributed by atoms with E-state index in [0.717, 1.165) is 15.9 Å². The van der Waals surface area contributed by atoms with Crippen molar-refractivity contribution in [2.75, 3.05) is 4.90 Å². The summed E-state index contributed by atoms with van der Waals surface area (Å²) in [5, 5.41) is 0. The van der Waals surface area contributed by atoms with Crippen LogP contribution < -0.4 is 4.90 Å². The van der Waals surface area contributed by atoms with E-state index in [1.807, 2.05) is 63.1 Å². The maximum Gasteiger partial charge on any atom is 0.306 e. The molecule has 0 N–H and O–H groups in total. The maximum atomic E-state index is 11.9. The Morgan fingerprint density at radius 2 is 2.14 bits per heavy atom. The lowest BCUT2D eigenvalue weighted by Crippen LogP contribution is -2.30. The van der Waals surface area contributed by atoms with E-state index < -0.39 is 5.60 Å². The molecule has 22 heavy (non-hydrogen) atoms. The molecule has 1 aromatic rings. The molecule has 0 amide bonds. The molecule has 0 fully saturated rings. The van der Waals surface area contributed by atoms with Gasteiger partial charge in [0.2, 0.25) is 0 Å².